The van der Waals surface area contributed by atoms with E-state index in [-0.39, 0.29) is 5.91 Å². The molecule has 1 aliphatic rings. The Kier molecular flexibility index (Phi) is 5.03. The summed E-state index contributed by atoms with van der Waals surface area (Å²) < 4.78 is 2.05. The lowest BCUT2D eigenvalue weighted by atomic mass is 10.2. The molecule has 126 valence electrons. The first kappa shape index (κ1) is 16.7. The molecule has 1 aliphatic heterocycles. The number of carbonyl (C=O) groups is 1. The van der Waals surface area contributed by atoms with E-state index in [1.165, 1.54) is 22.6 Å². The number of hydrogen-bond donors (Lipinski definition) is 2. The van der Waals surface area contributed by atoms with Crippen LogP contribution in [0.2, 0.25) is 0 Å². The number of likely N-dealkylation sites (tertiary alicyclic amines) is 1. The molecule has 2 aromatic heterocycles. The quantitative estimate of drug-likeness (QED) is 0.868. The summed E-state index contributed by atoms with van der Waals surface area (Å²) in [5.41, 5.74) is 2.55. The summed E-state index contributed by atoms with van der Waals surface area (Å²) in [6.45, 7) is 7.23. The van der Waals surface area contributed by atoms with Gasteiger partial charge >= 0.3 is 0 Å². The van der Waals surface area contributed by atoms with E-state index >= 15 is 0 Å². The van der Waals surface area contributed by atoms with Gasteiger partial charge in [-0.25, -0.2) is 0 Å². The minimum atomic E-state index is -0.00618. The number of amides is 1. The average molecular weight is 343 g/mol. The predicted molar refractivity (Wildman–Crippen MR) is 95.5 cm³/mol. The smallest absolute Gasteiger partial charge is 0.280 e. The van der Waals surface area contributed by atoms with Crippen molar-refractivity contribution < 1.29 is 9.69 Å². The number of carbonyl (C=O) groups excluding carboxylic acids is 1. The molecule has 5 nitrogen and oxygen atoms in total. The van der Waals surface area contributed by atoms with Crippen LogP contribution in [0.3, 0.4) is 0 Å². The van der Waals surface area contributed by atoms with E-state index in [4.69, 9.17) is 0 Å². The number of thiophene rings is 1. The maximum absolute atomic E-state index is 12.5. The van der Waals surface area contributed by atoms with Gasteiger partial charge in [0.2, 0.25) is 0 Å². The second-order valence-corrected chi connectivity index (χ2v) is 7.43. The average Bonchev–Trinajstić information content (AvgIpc) is 3.28. The zero-order valence-corrected chi connectivity index (χ0v) is 15.0. The van der Waals surface area contributed by atoms with Gasteiger partial charge in [-0.3, -0.25) is 4.79 Å². The van der Waals surface area contributed by atoms with Crippen LogP contribution in [0.25, 0.3) is 0 Å². The van der Waals surface area contributed by atoms with Gasteiger partial charge in [0.1, 0.15) is 11.9 Å². The number of nitriles is 1. The first-order valence-corrected chi connectivity index (χ1v) is 9.23. The van der Waals surface area contributed by atoms with Gasteiger partial charge in [-0.15, -0.1) is 11.3 Å². The molecule has 2 aromatic rings. The van der Waals surface area contributed by atoms with E-state index in [0.29, 0.717) is 24.5 Å². The molecule has 0 spiro atoms. The third-order valence-electron chi connectivity index (χ3n) is 4.81. The minimum absolute atomic E-state index is 0.00618. The Labute approximate surface area is 146 Å². The van der Waals surface area contributed by atoms with E-state index in [1.807, 2.05) is 25.3 Å². The van der Waals surface area contributed by atoms with E-state index < -0.39 is 0 Å². The van der Waals surface area contributed by atoms with Crippen molar-refractivity contribution in [3.8, 4) is 6.07 Å². The zero-order chi connectivity index (χ0) is 17.1. The Morgan fingerprint density at radius 3 is 2.79 bits per heavy atom. The van der Waals surface area contributed by atoms with Crippen molar-refractivity contribution in [2.45, 2.75) is 33.2 Å². The highest BCUT2D eigenvalue weighted by Gasteiger charge is 2.23. The summed E-state index contributed by atoms with van der Waals surface area (Å²) in [4.78, 5) is 15.0. The highest BCUT2D eigenvalue weighted by atomic mass is 32.1. The van der Waals surface area contributed by atoms with Gasteiger partial charge < -0.3 is 14.8 Å². The lowest BCUT2D eigenvalue weighted by Crippen LogP contribution is -3.11. The van der Waals surface area contributed by atoms with Crippen LogP contribution in [0.5, 0.6) is 0 Å². The fourth-order valence-electron chi connectivity index (χ4n) is 3.34. The Morgan fingerprint density at radius 1 is 1.42 bits per heavy atom. The van der Waals surface area contributed by atoms with Crippen LogP contribution in [0, 0.1) is 25.2 Å². The molecule has 0 saturated carbocycles. The van der Waals surface area contributed by atoms with E-state index in [9.17, 15) is 10.1 Å². The van der Waals surface area contributed by atoms with Crippen molar-refractivity contribution in [2.75, 3.05) is 25.0 Å². The third-order valence-corrected chi connectivity index (χ3v) is 5.68. The van der Waals surface area contributed by atoms with E-state index in [1.54, 1.807) is 11.3 Å². The molecule has 0 bridgehead atoms. The molecular weight excluding hydrogens is 320 g/mol. The molecule has 0 radical (unpaired) electrons. The first-order chi connectivity index (χ1) is 11.6. The van der Waals surface area contributed by atoms with Gasteiger partial charge in [-0.05, 0) is 30.9 Å². The molecule has 0 aromatic carbocycles. The second kappa shape index (κ2) is 7.20. The van der Waals surface area contributed by atoms with Crippen LogP contribution in [0.15, 0.2) is 17.5 Å². The van der Waals surface area contributed by atoms with Gasteiger partial charge in [-0.2, -0.15) is 5.26 Å². The van der Waals surface area contributed by atoms with Crippen LogP contribution in [-0.2, 0) is 11.3 Å². The summed E-state index contributed by atoms with van der Waals surface area (Å²) >= 11 is 1.68. The molecule has 0 atom stereocenters. The summed E-state index contributed by atoms with van der Waals surface area (Å²) in [5.74, 6) is 0.637. The fourth-order valence-corrected chi connectivity index (χ4v) is 4.03. The monoisotopic (exact) mass is 343 g/mol. The van der Waals surface area contributed by atoms with Crippen molar-refractivity contribution >= 4 is 23.1 Å². The summed E-state index contributed by atoms with van der Waals surface area (Å²) in [5, 5.41) is 14.6. The van der Waals surface area contributed by atoms with E-state index in [2.05, 4.69) is 22.0 Å². The Morgan fingerprint density at radius 2 is 2.17 bits per heavy atom. The fraction of sp³-hybridized carbons (Fsp3) is 0.444. The number of nitrogens with zero attached hydrogens (tertiary/aromatic N) is 2. The minimum Gasteiger partial charge on any atom is -0.327 e. The van der Waals surface area contributed by atoms with Gasteiger partial charge in [0.05, 0.1) is 25.2 Å². The summed E-state index contributed by atoms with van der Waals surface area (Å²) in [7, 11) is 0. The van der Waals surface area contributed by atoms with Crippen molar-refractivity contribution in [1.29, 1.82) is 5.26 Å². The van der Waals surface area contributed by atoms with Crippen LogP contribution in [0.4, 0.5) is 5.82 Å². The van der Waals surface area contributed by atoms with Crippen LogP contribution >= 0.6 is 11.3 Å². The molecule has 1 fully saturated rings. The maximum Gasteiger partial charge on any atom is 0.280 e. The number of rotatable bonds is 5. The number of anilines is 1. The highest BCUT2D eigenvalue weighted by molar-refractivity contribution is 7.09. The molecular formula is C18H23N4OS+. The van der Waals surface area contributed by atoms with Crippen molar-refractivity contribution in [3.63, 3.8) is 0 Å². The standard InChI is InChI=1S/C18H22N4OS/c1-13-14(2)22(11-15-6-5-9-24-15)18(16(13)10-19)20-17(23)12-21-7-3-4-8-21/h5-6,9H,3-4,7-8,11-12H2,1-2H3,(H,20,23)/p+1. The summed E-state index contributed by atoms with van der Waals surface area (Å²) in [6.07, 6.45) is 2.39. The molecule has 1 saturated heterocycles. The number of quaternary nitrogens is 1. The van der Waals surface area contributed by atoms with Gasteiger partial charge in [0.25, 0.3) is 5.91 Å². The molecule has 3 rings (SSSR count). The third kappa shape index (κ3) is 3.37. The Balaban J connectivity index is 1.85. The predicted octanol–water partition coefficient (Wildman–Crippen LogP) is 1.70. The van der Waals surface area contributed by atoms with Gasteiger partial charge in [0.15, 0.2) is 6.54 Å². The van der Waals surface area contributed by atoms with Crippen LogP contribution in [0.1, 0.15) is 34.5 Å². The second-order valence-electron chi connectivity index (χ2n) is 6.39. The van der Waals surface area contributed by atoms with Gasteiger partial charge in [-0.1, -0.05) is 6.07 Å². The maximum atomic E-state index is 12.5. The zero-order valence-electron chi connectivity index (χ0n) is 14.2. The van der Waals surface area contributed by atoms with Crippen molar-refractivity contribution in [2.24, 2.45) is 0 Å². The van der Waals surface area contributed by atoms with Crippen molar-refractivity contribution in [3.05, 3.63) is 39.2 Å². The normalized spacial score (nSPS) is 14.7. The summed E-state index contributed by atoms with van der Waals surface area (Å²) in [6, 6.07) is 6.36. The van der Waals surface area contributed by atoms with Crippen LogP contribution in [-0.4, -0.2) is 30.1 Å². The largest absolute Gasteiger partial charge is 0.327 e. The molecule has 24 heavy (non-hydrogen) atoms. The SMILES string of the molecule is Cc1c(C#N)c(NC(=O)C[NH+]2CCCC2)n(Cc2cccs2)c1C. The highest BCUT2D eigenvalue weighted by Crippen LogP contribution is 2.28. The number of hydrogen-bond acceptors (Lipinski definition) is 3. The number of aromatic nitrogens is 1. The molecule has 0 unspecified atom stereocenters. The lowest BCUT2D eigenvalue weighted by molar-refractivity contribution is -0.878. The van der Waals surface area contributed by atoms with Crippen molar-refractivity contribution in [1.82, 2.24) is 4.57 Å². The van der Waals surface area contributed by atoms with Crippen LogP contribution < -0.4 is 10.2 Å². The topological polar surface area (TPSA) is 62.3 Å². The Bertz CT molecular complexity index is 764. The molecule has 2 N–H and O–H groups in total. The molecule has 6 heteroatoms. The molecule has 1 amide bonds. The first-order valence-electron chi connectivity index (χ1n) is 8.35. The van der Waals surface area contributed by atoms with Gasteiger partial charge in [0, 0.05) is 23.4 Å². The molecule has 0 aliphatic carbocycles. The number of nitrogens with one attached hydrogen (secondary N) is 2. The lowest BCUT2D eigenvalue weighted by Gasteiger charge is -2.14. The Hall–Kier alpha value is -2.10. The molecule has 3 heterocycles. The van der Waals surface area contributed by atoms with E-state index in [0.717, 1.165) is 24.3 Å².